The van der Waals surface area contributed by atoms with Crippen LogP contribution in [0.3, 0.4) is 0 Å². The molecule has 0 aliphatic rings. The third-order valence-corrected chi connectivity index (χ3v) is 2.71. The summed E-state index contributed by atoms with van der Waals surface area (Å²) in [7, 11) is 1.88. The Morgan fingerprint density at radius 2 is 2.12 bits per heavy atom. The molecule has 4 nitrogen and oxygen atoms in total. The SMILES string of the molecule is CNCc1ncoc1-c1coc2ccccc12. The number of para-hydroxylation sites is 1. The summed E-state index contributed by atoms with van der Waals surface area (Å²) in [5, 5.41) is 4.11. The smallest absolute Gasteiger partial charge is 0.181 e. The highest BCUT2D eigenvalue weighted by atomic mass is 16.3. The Bertz CT molecular complexity index is 639. The van der Waals surface area contributed by atoms with Gasteiger partial charge >= 0.3 is 0 Å². The summed E-state index contributed by atoms with van der Waals surface area (Å²) in [6.45, 7) is 0.672. The number of hydrogen-bond acceptors (Lipinski definition) is 4. The fourth-order valence-electron chi connectivity index (χ4n) is 1.94. The molecule has 0 aliphatic heterocycles. The van der Waals surface area contributed by atoms with Crippen molar-refractivity contribution in [2.45, 2.75) is 6.54 Å². The maximum atomic E-state index is 5.50. The van der Waals surface area contributed by atoms with Crippen LogP contribution in [0.15, 0.2) is 45.8 Å². The number of furan rings is 1. The van der Waals surface area contributed by atoms with Gasteiger partial charge in [-0.05, 0) is 13.1 Å². The van der Waals surface area contributed by atoms with Crippen molar-refractivity contribution in [1.29, 1.82) is 0 Å². The van der Waals surface area contributed by atoms with E-state index in [0.717, 1.165) is 28.0 Å². The Hall–Kier alpha value is -2.07. The highest BCUT2D eigenvalue weighted by molar-refractivity contribution is 5.92. The Kier molecular flexibility index (Phi) is 2.42. The lowest BCUT2D eigenvalue weighted by molar-refractivity contribution is 0.566. The molecule has 0 spiro atoms. The monoisotopic (exact) mass is 228 g/mol. The molecular weight excluding hydrogens is 216 g/mol. The van der Waals surface area contributed by atoms with Crippen molar-refractivity contribution in [3.05, 3.63) is 42.6 Å². The van der Waals surface area contributed by atoms with Gasteiger partial charge in [-0.2, -0.15) is 0 Å². The quantitative estimate of drug-likeness (QED) is 0.748. The van der Waals surface area contributed by atoms with Crippen LogP contribution in [0.2, 0.25) is 0 Å². The van der Waals surface area contributed by atoms with Gasteiger partial charge in [0, 0.05) is 11.9 Å². The van der Waals surface area contributed by atoms with E-state index >= 15 is 0 Å². The van der Waals surface area contributed by atoms with Crippen LogP contribution in [0.25, 0.3) is 22.3 Å². The van der Waals surface area contributed by atoms with E-state index in [1.807, 2.05) is 31.3 Å². The maximum Gasteiger partial charge on any atom is 0.181 e. The first-order valence-electron chi connectivity index (χ1n) is 5.43. The third kappa shape index (κ3) is 1.62. The minimum absolute atomic E-state index is 0.672. The van der Waals surface area contributed by atoms with Gasteiger partial charge in [0.1, 0.15) is 17.5 Å². The number of benzene rings is 1. The molecule has 2 aromatic heterocycles. The number of nitrogens with one attached hydrogen (secondary N) is 1. The highest BCUT2D eigenvalue weighted by Crippen LogP contribution is 2.32. The predicted molar refractivity (Wildman–Crippen MR) is 64.5 cm³/mol. The summed E-state index contributed by atoms with van der Waals surface area (Å²) in [5.74, 6) is 0.768. The van der Waals surface area contributed by atoms with Gasteiger partial charge < -0.3 is 14.2 Å². The molecule has 2 heterocycles. The summed E-state index contributed by atoms with van der Waals surface area (Å²) >= 11 is 0. The van der Waals surface area contributed by atoms with Gasteiger partial charge in [-0.15, -0.1) is 0 Å². The first-order valence-corrected chi connectivity index (χ1v) is 5.43. The number of oxazole rings is 1. The molecule has 0 atom stereocenters. The van der Waals surface area contributed by atoms with E-state index in [1.54, 1.807) is 6.26 Å². The normalized spacial score (nSPS) is 11.1. The molecule has 0 radical (unpaired) electrons. The molecular formula is C13H12N2O2. The van der Waals surface area contributed by atoms with Crippen molar-refractivity contribution in [3.63, 3.8) is 0 Å². The van der Waals surface area contributed by atoms with E-state index in [0.29, 0.717) is 6.54 Å². The second kappa shape index (κ2) is 4.07. The molecule has 0 aliphatic carbocycles. The van der Waals surface area contributed by atoms with Crippen molar-refractivity contribution >= 4 is 11.0 Å². The van der Waals surface area contributed by atoms with Crippen LogP contribution in [-0.4, -0.2) is 12.0 Å². The largest absolute Gasteiger partial charge is 0.464 e. The van der Waals surface area contributed by atoms with Crippen molar-refractivity contribution in [3.8, 4) is 11.3 Å². The molecule has 0 saturated heterocycles. The van der Waals surface area contributed by atoms with Crippen LogP contribution in [0, 0.1) is 0 Å². The lowest BCUT2D eigenvalue weighted by Crippen LogP contribution is -2.06. The second-order valence-electron chi connectivity index (χ2n) is 3.80. The predicted octanol–water partition coefficient (Wildman–Crippen LogP) is 2.81. The van der Waals surface area contributed by atoms with Gasteiger partial charge in [0.25, 0.3) is 0 Å². The minimum atomic E-state index is 0.672. The van der Waals surface area contributed by atoms with Gasteiger partial charge in [0.2, 0.25) is 0 Å². The van der Waals surface area contributed by atoms with Crippen molar-refractivity contribution < 1.29 is 8.83 Å². The van der Waals surface area contributed by atoms with Gasteiger partial charge in [0.15, 0.2) is 12.2 Å². The average molecular weight is 228 g/mol. The van der Waals surface area contributed by atoms with Crippen molar-refractivity contribution in [2.75, 3.05) is 7.05 Å². The topological polar surface area (TPSA) is 51.2 Å². The molecule has 3 rings (SSSR count). The highest BCUT2D eigenvalue weighted by Gasteiger charge is 2.15. The van der Waals surface area contributed by atoms with Crippen LogP contribution in [0.1, 0.15) is 5.69 Å². The van der Waals surface area contributed by atoms with E-state index in [-0.39, 0.29) is 0 Å². The molecule has 0 fully saturated rings. The Balaban J connectivity index is 2.17. The zero-order valence-corrected chi connectivity index (χ0v) is 9.43. The van der Waals surface area contributed by atoms with E-state index in [2.05, 4.69) is 10.3 Å². The third-order valence-electron chi connectivity index (χ3n) is 2.71. The van der Waals surface area contributed by atoms with Gasteiger partial charge in [-0.3, -0.25) is 0 Å². The zero-order valence-electron chi connectivity index (χ0n) is 9.43. The van der Waals surface area contributed by atoms with Crippen molar-refractivity contribution in [1.82, 2.24) is 10.3 Å². The van der Waals surface area contributed by atoms with Crippen LogP contribution in [0.4, 0.5) is 0 Å². The Morgan fingerprint density at radius 3 is 3.00 bits per heavy atom. The van der Waals surface area contributed by atoms with E-state index in [4.69, 9.17) is 8.83 Å². The van der Waals surface area contributed by atoms with Crippen LogP contribution >= 0.6 is 0 Å². The summed E-state index contributed by atoms with van der Waals surface area (Å²) in [4.78, 5) is 4.20. The van der Waals surface area contributed by atoms with Gasteiger partial charge in [0.05, 0.1) is 5.56 Å². The number of aromatic nitrogens is 1. The van der Waals surface area contributed by atoms with E-state index < -0.39 is 0 Å². The Labute approximate surface area is 98.3 Å². The molecule has 17 heavy (non-hydrogen) atoms. The molecule has 0 amide bonds. The van der Waals surface area contributed by atoms with Crippen LogP contribution in [0.5, 0.6) is 0 Å². The fourth-order valence-corrected chi connectivity index (χ4v) is 1.94. The van der Waals surface area contributed by atoms with Crippen molar-refractivity contribution in [2.24, 2.45) is 0 Å². The fraction of sp³-hybridized carbons (Fsp3) is 0.154. The van der Waals surface area contributed by atoms with Crippen LogP contribution in [-0.2, 0) is 6.54 Å². The number of fused-ring (bicyclic) bond motifs is 1. The molecule has 0 saturated carbocycles. The molecule has 3 aromatic rings. The summed E-state index contributed by atoms with van der Waals surface area (Å²) in [6.07, 6.45) is 3.17. The van der Waals surface area contributed by atoms with Gasteiger partial charge in [-0.25, -0.2) is 4.98 Å². The van der Waals surface area contributed by atoms with Crippen LogP contribution < -0.4 is 5.32 Å². The molecule has 1 aromatic carbocycles. The molecule has 0 unspecified atom stereocenters. The lowest BCUT2D eigenvalue weighted by atomic mass is 10.1. The minimum Gasteiger partial charge on any atom is -0.464 e. The Morgan fingerprint density at radius 1 is 1.24 bits per heavy atom. The first-order chi connectivity index (χ1) is 8.40. The number of nitrogens with zero attached hydrogens (tertiary/aromatic N) is 1. The molecule has 86 valence electrons. The zero-order chi connectivity index (χ0) is 11.7. The molecule has 1 N–H and O–H groups in total. The number of hydrogen-bond donors (Lipinski definition) is 1. The standard InChI is InChI=1S/C13H12N2O2/c1-14-6-11-13(17-8-15-11)10-7-16-12-5-3-2-4-9(10)12/h2-5,7-8,14H,6H2,1H3. The first kappa shape index (κ1) is 10.1. The summed E-state index contributed by atoms with van der Waals surface area (Å²) in [5.41, 5.74) is 2.69. The summed E-state index contributed by atoms with van der Waals surface area (Å²) < 4.78 is 11.0. The van der Waals surface area contributed by atoms with Gasteiger partial charge in [-0.1, -0.05) is 18.2 Å². The average Bonchev–Trinajstić information content (AvgIpc) is 2.95. The molecule has 0 bridgehead atoms. The van der Waals surface area contributed by atoms with E-state index in [9.17, 15) is 0 Å². The summed E-state index contributed by atoms with van der Waals surface area (Å²) in [6, 6.07) is 7.88. The maximum absolute atomic E-state index is 5.50. The molecule has 4 heteroatoms. The number of rotatable bonds is 3. The second-order valence-corrected chi connectivity index (χ2v) is 3.80. The van der Waals surface area contributed by atoms with E-state index in [1.165, 1.54) is 6.39 Å². The lowest BCUT2D eigenvalue weighted by Gasteiger charge is -1.98.